The summed E-state index contributed by atoms with van der Waals surface area (Å²) < 4.78 is 1.76. The molecule has 0 bridgehead atoms. The number of piperidine rings is 1. The Kier molecular flexibility index (Phi) is 3.44. The first-order chi connectivity index (χ1) is 8.84. The van der Waals surface area contributed by atoms with Gasteiger partial charge in [0.25, 0.3) is 0 Å². The molecule has 0 amide bonds. The minimum atomic E-state index is -0.213. The molecule has 1 atom stereocenters. The maximum absolute atomic E-state index is 9.36. The first kappa shape index (κ1) is 13.7. The van der Waals surface area contributed by atoms with E-state index < -0.39 is 0 Å². The molecule has 0 saturated carbocycles. The van der Waals surface area contributed by atoms with Crippen LogP contribution in [0.1, 0.15) is 46.1 Å². The van der Waals surface area contributed by atoms with E-state index in [0.29, 0.717) is 17.3 Å². The largest absolute Gasteiger partial charge is 0.383 e. The van der Waals surface area contributed by atoms with Gasteiger partial charge in [-0.25, -0.2) is 4.68 Å². The molecule has 2 heterocycles. The Morgan fingerprint density at radius 1 is 1.42 bits per heavy atom. The van der Waals surface area contributed by atoms with Gasteiger partial charge in [-0.2, -0.15) is 10.4 Å². The normalized spacial score (nSPS) is 20.4. The summed E-state index contributed by atoms with van der Waals surface area (Å²) in [6, 6.07) is 2.22. The van der Waals surface area contributed by atoms with Crippen LogP contribution in [-0.4, -0.2) is 22.9 Å². The molecular formula is C14H23N5. The number of hydrogen-bond acceptors (Lipinski definition) is 4. The van der Waals surface area contributed by atoms with E-state index in [1.165, 1.54) is 6.42 Å². The average Bonchev–Trinajstić information content (AvgIpc) is 2.66. The second kappa shape index (κ2) is 4.76. The first-order valence-corrected chi connectivity index (χ1v) is 6.88. The van der Waals surface area contributed by atoms with Gasteiger partial charge in [-0.1, -0.05) is 6.92 Å². The molecule has 104 valence electrons. The fourth-order valence-corrected chi connectivity index (χ4v) is 2.64. The highest BCUT2D eigenvalue weighted by atomic mass is 15.4. The zero-order chi connectivity index (χ0) is 14.2. The van der Waals surface area contributed by atoms with Crippen LogP contribution in [-0.2, 0) is 5.54 Å². The van der Waals surface area contributed by atoms with Crippen LogP contribution in [0.15, 0.2) is 0 Å². The summed E-state index contributed by atoms with van der Waals surface area (Å²) in [6.45, 7) is 10.3. The van der Waals surface area contributed by atoms with Gasteiger partial charge in [0.15, 0.2) is 5.82 Å². The maximum Gasteiger partial charge on any atom is 0.170 e. The summed E-state index contributed by atoms with van der Waals surface area (Å²) in [5, 5.41) is 14.0. The Bertz CT molecular complexity index is 503. The van der Waals surface area contributed by atoms with Gasteiger partial charge in [-0.15, -0.1) is 0 Å². The van der Waals surface area contributed by atoms with Crippen molar-refractivity contribution in [2.24, 2.45) is 5.92 Å². The number of nitrogens with zero attached hydrogens (tertiary/aromatic N) is 4. The van der Waals surface area contributed by atoms with Crippen molar-refractivity contribution in [1.29, 1.82) is 5.26 Å². The van der Waals surface area contributed by atoms with Crippen LogP contribution >= 0.6 is 0 Å². The lowest BCUT2D eigenvalue weighted by molar-refractivity contribution is 0.359. The number of nitriles is 1. The highest BCUT2D eigenvalue weighted by molar-refractivity contribution is 5.65. The topological polar surface area (TPSA) is 70.9 Å². The molecule has 1 unspecified atom stereocenters. The molecule has 0 aromatic carbocycles. The minimum Gasteiger partial charge on any atom is -0.383 e. The number of anilines is 2. The third kappa shape index (κ3) is 2.53. The molecule has 1 saturated heterocycles. The summed E-state index contributed by atoms with van der Waals surface area (Å²) in [6.07, 6.45) is 2.39. The van der Waals surface area contributed by atoms with E-state index >= 15 is 0 Å². The lowest BCUT2D eigenvalue weighted by atomic mass is 10.0. The Morgan fingerprint density at radius 3 is 2.63 bits per heavy atom. The van der Waals surface area contributed by atoms with Gasteiger partial charge < -0.3 is 10.6 Å². The molecule has 0 spiro atoms. The van der Waals surface area contributed by atoms with Crippen LogP contribution in [0.25, 0.3) is 0 Å². The van der Waals surface area contributed by atoms with Crippen molar-refractivity contribution in [3.05, 3.63) is 5.56 Å². The molecule has 0 radical (unpaired) electrons. The van der Waals surface area contributed by atoms with E-state index in [-0.39, 0.29) is 5.54 Å². The van der Waals surface area contributed by atoms with Crippen molar-refractivity contribution >= 4 is 11.6 Å². The summed E-state index contributed by atoms with van der Waals surface area (Å²) in [5.74, 6) is 1.87. The van der Waals surface area contributed by atoms with Crippen molar-refractivity contribution in [1.82, 2.24) is 9.78 Å². The van der Waals surface area contributed by atoms with Crippen molar-refractivity contribution in [2.45, 2.75) is 46.1 Å². The smallest absolute Gasteiger partial charge is 0.170 e. The quantitative estimate of drug-likeness (QED) is 0.842. The Morgan fingerprint density at radius 2 is 2.11 bits per heavy atom. The fraction of sp³-hybridized carbons (Fsp3) is 0.714. The maximum atomic E-state index is 9.36. The van der Waals surface area contributed by atoms with Gasteiger partial charge in [0.1, 0.15) is 17.5 Å². The monoisotopic (exact) mass is 261 g/mol. The SMILES string of the molecule is CC1CCCN(c2nn(C(C)(C)C)c(N)c2C#N)C1. The standard InChI is InChI=1S/C14H23N5/c1-10-6-5-7-18(9-10)13-11(8-15)12(16)19(17-13)14(2,3)4/h10H,5-7,9,16H2,1-4H3. The number of nitrogens with two attached hydrogens (primary N) is 1. The first-order valence-electron chi connectivity index (χ1n) is 6.88. The average molecular weight is 261 g/mol. The van der Waals surface area contributed by atoms with E-state index in [4.69, 9.17) is 5.73 Å². The molecule has 1 fully saturated rings. The second-order valence-electron chi connectivity index (χ2n) is 6.47. The van der Waals surface area contributed by atoms with Crippen LogP contribution in [0, 0.1) is 17.2 Å². The minimum absolute atomic E-state index is 0.213. The summed E-state index contributed by atoms with van der Waals surface area (Å²) in [7, 11) is 0. The number of rotatable bonds is 1. The molecule has 1 aromatic heterocycles. The van der Waals surface area contributed by atoms with Gasteiger partial charge in [-0.05, 0) is 39.5 Å². The van der Waals surface area contributed by atoms with Gasteiger partial charge in [0.2, 0.25) is 0 Å². The number of aromatic nitrogens is 2. The zero-order valence-corrected chi connectivity index (χ0v) is 12.3. The lowest BCUT2D eigenvalue weighted by Crippen LogP contribution is -2.35. The summed E-state index contributed by atoms with van der Waals surface area (Å²) >= 11 is 0. The predicted molar refractivity (Wildman–Crippen MR) is 77.0 cm³/mol. The number of nitrogen functional groups attached to an aromatic ring is 1. The van der Waals surface area contributed by atoms with Crippen molar-refractivity contribution in [2.75, 3.05) is 23.7 Å². The van der Waals surface area contributed by atoms with Crippen LogP contribution in [0.3, 0.4) is 0 Å². The molecule has 1 aromatic rings. The molecule has 2 N–H and O–H groups in total. The van der Waals surface area contributed by atoms with E-state index in [9.17, 15) is 5.26 Å². The van der Waals surface area contributed by atoms with Crippen LogP contribution in [0.4, 0.5) is 11.6 Å². The second-order valence-corrected chi connectivity index (χ2v) is 6.47. The molecule has 1 aliphatic rings. The van der Waals surface area contributed by atoms with Gasteiger partial charge in [-0.3, -0.25) is 0 Å². The van der Waals surface area contributed by atoms with Gasteiger partial charge in [0.05, 0.1) is 5.54 Å². The van der Waals surface area contributed by atoms with Crippen LogP contribution in [0.5, 0.6) is 0 Å². The van der Waals surface area contributed by atoms with Gasteiger partial charge >= 0.3 is 0 Å². The lowest BCUT2D eigenvalue weighted by Gasteiger charge is -2.31. The van der Waals surface area contributed by atoms with E-state index in [2.05, 4.69) is 23.0 Å². The number of hydrogen-bond donors (Lipinski definition) is 1. The summed E-state index contributed by atoms with van der Waals surface area (Å²) in [5.41, 5.74) is 6.40. The predicted octanol–water partition coefficient (Wildman–Crippen LogP) is 2.33. The molecule has 5 nitrogen and oxygen atoms in total. The fourth-order valence-electron chi connectivity index (χ4n) is 2.64. The van der Waals surface area contributed by atoms with Crippen LogP contribution in [0.2, 0.25) is 0 Å². The zero-order valence-electron chi connectivity index (χ0n) is 12.3. The molecule has 19 heavy (non-hydrogen) atoms. The highest BCUT2D eigenvalue weighted by Gasteiger charge is 2.28. The third-order valence-corrected chi connectivity index (χ3v) is 3.61. The van der Waals surface area contributed by atoms with E-state index in [1.807, 2.05) is 20.8 Å². The molecule has 5 heteroatoms. The summed E-state index contributed by atoms with van der Waals surface area (Å²) in [4.78, 5) is 2.20. The molecular weight excluding hydrogens is 238 g/mol. The molecule has 0 aliphatic carbocycles. The Balaban J connectivity index is 2.43. The van der Waals surface area contributed by atoms with E-state index in [1.54, 1.807) is 4.68 Å². The third-order valence-electron chi connectivity index (χ3n) is 3.61. The van der Waals surface area contributed by atoms with Crippen LogP contribution < -0.4 is 10.6 Å². The van der Waals surface area contributed by atoms with E-state index in [0.717, 1.165) is 25.3 Å². The van der Waals surface area contributed by atoms with Gasteiger partial charge in [0, 0.05) is 13.1 Å². The highest BCUT2D eigenvalue weighted by Crippen LogP contribution is 2.31. The Hall–Kier alpha value is -1.70. The van der Waals surface area contributed by atoms with Crippen molar-refractivity contribution in [3.8, 4) is 6.07 Å². The van der Waals surface area contributed by atoms with Crippen molar-refractivity contribution < 1.29 is 0 Å². The van der Waals surface area contributed by atoms with Crippen molar-refractivity contribution in [3.63, 3.8) is 0 Å². The molecule has 2 rings (SSSR count). The Labute approximate surface area is 115 Å². The molecule has 1 aliphatic heterocycles.